The van der Waals surface area contributed by atoms with Crippen molar-refractivity contribution in [2.24, 2.45) is 0 Å². The van der Waals surface area contributed by atoms with Gasteiger partial charge in [0.15, 0.2) is 5.82 Å². The second-order valence-corrected chi connectivity index (χ2v) is 8.55. The number of hydrogen-bond acceptors (Lipinski definition) is 5. The molecule has 6 nitrogen and oxygen atoms in total. The van der Waals surface area contributed by atoms with E-state index in [0.717, 1.165) is 43.3 Å². The van der Waals surface area contributed by atoms with Crippen molar-refractivity contribution in [2.45, 2.75) is 39.7 Å². The van der Waals surface area contributed by atoms with E-state index in [2.05, 4.69) is 53.8 Å². The maximum Gasteiger partial charge on any atom is 0.253 e. The summed E-state index contributed by atoms with van der Waals surface area (Å²) >= 11 is 0. The topological polar surface area (TPSA) is 52.6 Å². The molecule has 0 saturated carbocycles. The predicted molar refractivity (Wildman–Crippen MR) is 118 cm³/mol. The molecule has 156 valence electrons. The summed E-state index contributed by atoms with van der Waals surface area (Å²) in [5, 5.41) is 9.17. The van der Waals surface area contributed by atoms with Gasteiger partial charge in [-0.25, -0.2) is 0 Å². The largest absolute Gasteiger partial charge is 0.353 e. The molecule has 0 bridgehead atoms. The third-order valence-corrected chi connectivity index (χ3v) is 5.61. The average Bonchev–Trinajstić information content (AvgIpc) is 2.73. The lowest BCUT2D eigenvalue weighted by molar-refractivity contribution is 0.0827. The third kappa shape index (κ3) is 4.75. The zero-order chi connectivity index (χ0) is 21.1. The Morgan fingerprint density at radius 3 is 2.10 bits per heavy atom. The molecule has 29 heavy (non-hydrogen) atoms. The Hall–Kier alpha value is -2.47. The minimum atomic E-state index is 0.00241. The maximum absolute atomic E-state index is 12.1. The molecule has 0 radical (unpaired) electrons. The van der Waals surface area contributed by atoms with Crippen molar-refractivity contribution < 1.29 is 4.79 Å². The Morgan fingerprint density at radius 1 is 0.966 bits per heavy atom. The number of piperazine rings is 1. The highest BCUT2D eigenvalue weighted by Crippen LogP contribution is 2.30. The first kappa shape index (κ1) is 21.2. The third-order valence-electron chi connectivity index (χ3n) is 5.61. The van der Waals surface area contributed by atoms with E-state index in [1.165, 1.54) is 5.56 Å². The number of rotatable bonds is 5. The van der Waals surface area contributed by atoms with Crippen molar-refractivity contribution in [1.82, 2.24) is 20.0 Å². The summed E-state index contributed by atoms with van der Waals surface area (Å²) in [6, 6.07) is 10.4. The van der Waals surface area contributed by atoms with Crippen LogP contribution in [0.15, 0.2) is 30.3 Å². The lowest BCUT2D eigenvalue weighted by Crippen LogP contribution is -2.49. The molecular weight excluding hydrogens is 362 g/mol. The van der Waals surface area contributed by atoms with Crippen LogP contribution in [0.3, 0.4) is 0 Å². The molecule has 1 fully saturated rings. The number of carbonyl (C=O) groups excluding carboxylic acids is 1. The van der Waals surface area contributed by atoms with E-state index in [4.69, 9.17) is 0 Å². The number of aromatic nitrogens is 2. The molecule has 6 heteroatoms. The monoisotopic (exact) mass is 395 g/mol. The van der Waals surface area contributed by atoms with E-state index < -0.39 is 0 Å². The minimum absolute atomic E-state index is 0.00241. The van der Waals surface area contributed by atoms with Crippen LogP contribution in [0.4, 0.5) is 5.82 Å². The van der Waals surface area contributed by atoms with Crippen molar-refractivity contribution in [3.63, 3.8) is 0 Å². The summed E-state index contributed by atoms with van der Waals surface area (Å²) < 4.78 is 0. The van der Waals surface area contributed by atoms with E-state index in [1.54, 1.807) is 19.0 Å². The molecule has 1 saturated heterocycles. The number of carbonyl (C=O) groups is 1. The Bertz CT molecular complexity index is 837. The van der Waals surface area contributed by atoms with Gasteiger partial charge in [-0.05, 0) is 43.5 Å². The van der Waals surface area contributed by atoms with Gasteiger partial charge < -0.3 is 9.80 Å². The lowest BCUT2D eigenvalue weighted by atomic mass is 9.97. The smallest absolute Gasteiger partial charge is 0.253 e. The number of hydrogen-bond donors (Lipinski definition) is 0. The first-order chi connectivity index (χ1) is 13.8. The molecule has 0 spiro atoms. The van der Waals surface area contributed by atoms with Crippen molar-refractivity contribution in [3.8, 4) is 11.3 Å². The van der Waals surface area contributed by atoms with Gasteiger partial charge in [-0.2, -0.15) is 0 Å². The Balaban J connectivity index is 1.85. The van der Waals surface area contributed by atoms with Gasteiger partial charge in [-0.1, -0.05) is 26.0 Å². The molecule has 0 N–H and O–H groups in total. The predicted octanol–water partition coefficient (Wildman–Crippen LogP) is 3.50. The maximum atomic E-state index is 12.1. The summed E-state index contributed by atoms with van der Waals surface area (Å²) in [6.07, 6.45) is 0. The van der Waals surface area contributed by atoms with Gasteiger partial charge in [0, 0.05) is 57.4 Å². The van der Waals surface area contributed by atoms with Gasteiger partial charge in [0.2, 0.25) is 0 Å². The highest BCUT2D eigenvalue weighted by molar-refractivity contribution is 5.94. The van der Waals surface area contributed by atoms with E-state index in [-0.39, 0.29) is 5.91 Å². The average molecular weight is 396 g/mol. The van der Waals surface area contributed by atoms with Crippen molar-refractivity contribution in [2.75, 3.05) is 45.2 Å². The van der Waals surface area contributed by atoms with Gasteiger partial charge in [-0.3, -0.25) is 9.69 Å². The summed E-state index contributed by atoms with van der Waals surface area (Å²) in [7, 11) is 3.52. The fourth-order valence-electron chi connectivity index (χ4n) is 3.71. The van der Waals surface area contributed by atoms with Crippen molar-refractivity contribution >= 4 is 11.7 Å². The highest BCUT2D eigenvalue weighted by atomic mass is 16.2. The van der Waals surface area contributed by atoms with E-state index in [9.17, 15) is 4.79 Å². The Morgan fingerprint density at radius 2 is 1.59 bits per heavy atom. The highest BCUT2D eigenvalue weighted by Gasteiger charge is 2.22. The molecule has 2 aromatic rings. The molecule has 1 aromatic carbocycles. The summed E-state index contributed by atoms with van der Waals surface area (Å²) in [6.45, 7) is 12.9. The number of anilines is 1. The molecule has 3 rings (SSSR count). The number of nitrogens with zero attached hydrogens (tertiary/aromatic N) is 5. The van der Waals surface area contributed by atoms with Gasteiger partial charge in [0.05, 0.1) is 5.69 Å². The molecule has 1 aliphatic heterocycles. The van der Waals surface area contributed by atoms with Crippen molar-refractivity contribution in [1.29, 1.82) is 0 Å². The zero-order valence-corrected chi connectivity index (χ0v) is 18.5. The molecule has 1 amide bonds. The van der Waals surface area contributed by atoms with Crippen LogP contribution in [0.25, 0.3) is 11.3 Å². The van der Waals surface area contributed by atoms with E-state index in [0.29, 0.717) is 17.5 Å². The standard InChI is InChI=1S/C23H33N5O/c1-16(2)20-15-21(28-13-11-27(12-14-28)17(3)4)24-25-22(20)18-7-9-19(10-8-18)23(29)26(5)6/h7-10,15-17H,11-14H2,1-6H3. The van der Waals surface area contributed by atoms with Crippen LogP contribution < -0.4 is 4.90 Å². The molecule has 2 heterocycles. The van der Waals surface area contributed by atoms with E-state index in [1.807, 2.05) is 24.3 Å². The molecule has 1 aromatic heterocycles. The quantitative estimate of drug-likeness (QED) is 0.776. The van der Waals surface area contributed by atoms with Crippen LogP contribution >= 0.6 is 0 Å². The Kier molecular flexibility index (Phi) is 6.52. The number of amides is 1. The van der Waals surface area contributed by atoms with Crippen LogP contribution in [0.5, 0.6) is 0 Å². The fourth-order valence-corrected chi connectivity index (χ4v) is 3.71. The summed E-state index contributed by atoms with van der Waals surface area (Å²) in [5.41, 5.74) is 3.76. The minimum Gasteiger partial charge on any atom is -0.353 e. The SMILES string of the molecule is CC(C)c1cc(N2CCN(C(C)C)CC2)nnc1-c1ccc(C(=O)N(C)C)cc1. The van der Waals surface area contributed by atoms with Crippen LogP contribution in [0, 0.1) is 0 Å². The first-order valence-corrected chi connectivity index (χ1v) is 10.5. The second kappa shape index (κ2) is 8.91. The summed E-state index contributed by atoms with van der Waals surface area (Å²) in [5.74, 6) is 1.29. The van der Waals surface area contributed by atoms with Crippen LogP contribution in [-0.4, -0.2) is 72.2 Å². The molecule has 0 aliphatic carbocycles. The number of benzene rings is 1. The van der Waals surface area contributed by atoms with E-state index >= 15 is 0 Å². The molecule has 0 atom stereocenters. The van der Waals surface area contributed by atoms with Crippen LogP contribution in [0.2, 0.25) is 0 Å². The van der Waals surface area contributed by atoms with Gasteiger partial charge in [0.25, 0.3) is 5.91 Å². The zero-order valence-electron chi connectivity index (χ0n) is 18.5. The molecular formula is C23H33N5O. The summed E-state index contributed by atoms with van der Waals surface area (Å²) in [4.78, 5) is 18.6. The van der Waals surface area contributed by atoms with Gasteiger partial charge in [0.1, 0.15) is 0 Å². The van der Waals surface area contributed by atoms with Gasteiger partial charge >= 0.3 is 0 Å². The molecule has 0 unspecified atom stereocenters. The lowest BCUT2D eigenvalue weighted by Gasteiger charge is -2.37. The second-order valence-electron chi connectivity index (χ2n) is 8.55. The first-order valence-electron chi connectivity index (χ1n) is 10.5. The van der Waals surface area contributed by atoms with Crippen molar-refractivity contribution in [3.05, 3.63) is 41.5 Å². The van der Waals surface area contributed by atoms with Gasteiger partial charge in [-0.15, -0.1) is 10.2 Å². The van der Waals surface area contributed by atoms with Crippen LogP contribution in [0.1, 0.15) is 49.5 Å². The fraction of sp³-hybridized carbons (Fsp3) is 0.522. The normalized spacial score (nSPS) is 15.2. The molecule has 1 aliphatic rings. The Labute approximate surface area is 174 Å². The van der Waals surface area contributed by atoms with Crippen LogP contribution in [-0.2, 0) is 0 Å².